The molecule has 0 fully saturated rings. The van der Waals surface area contributed by atoms with E-state index in [1.165, 1.54) is 0 Å². The van der Waals surface area contributed by atoms with Gasteiger partial charge >= 0.3 is 0 Å². The van der Waals surface area contributed by atoms with E-state index in [0.717, 1.165) is 0 Å². The summed E-state index contributed by atoms with van der Waals surface area (Å²) in [5.74, 6) is -6.28. The number of hydrogen-bond acceptors (Lipinski definition) is 3. The molecule has 0 heterocycles. The minimum atomic E-state index is -1.68. The molecule has 1 atom stereocenters. The molecule has 2 amide bonds. The molecule has 18 heavy (non-hydrogen) atoms. The van der Waals surface area contributed by atoms with Crippen molar-refractivity contribution in [2.45, 2.75) is 6.10 Å². The summed E-state index contributed by atoms with van der Waals surface area (Å²) in [6.07, 6.45) is -1.68. The lowest BCUT2D eigenvalue weighted by Crippen LogP contribution is -2.40. The maximum absolute atomic E-state index is 13.1. The zero-order chi connectivity index (χ0) is 13.9. The van der Waals surface area contributed by atoms with Crippen molar-refractivity contribution in [3.05, 3.63) is 35.1 Å². The van der Waals surface area contributed by atoms with E-state index < -0.39 is 47.5 Å². The van der Waals surface area contributed by atoms with Crippen molar-refractivity contribution >= 4 is 11.8 Å². The molecule has 0 bridgehead atoms. The lowest BCUT2D eigenvalue weighted by molar-refractivity contribution is -0.125. The minimum absolute atomic E-state index is 0.336. The van der Waals surface area contributed by atoms with Crippen LogP contribution in [0.3, 0.4) is 0 Å². The largest absolute Gasteiger partial charge is 0.381 e. The third kappa shape index (κ3) is 3.20. The Morgan fingerprint density at radius 2 is 1.78 bits per heavy atom. The number of aliphatic hydroxyl groups excluding tert-OH is 1. The molecule has 5 nitrogen and oxygen atoms in total. The van der Waals surface area contributed by atoms with Gasteiger partial charge in [0.25, 0.3) is 5.91 Å². The standard InChI is InChI=1S/C10H9F3N2O3/c11-4-1-5(12)8(6(13)2-4)10(18)15-3-7(16)9(14)17/h1-2,7,16H,3H2,(H2,14,17)(H,15,18). The highest BCUT2D eigenvalue weighted by atomic mass is 19.1. The van der Waals surface area contributed by atoms with Crippen LogP contribution in [0, 0.1) is 17.5 Å². The zero-order valence-corrected chi connectivity index (χ0v) is 8.91. The van der Waals surface area contributed by atoms with E-state index in [-0.39, 0.29) is 0 Å². The fraction of sp³-hybridized carbons (Fsp3) is 0.200. The van der Waals surface area contributed by atoms with Crippen LogP contribution in [0.5, 0.6) is 0 Å². The van der Waals surface area contributed by atoms with Crippen LogP contribution in [0.2, 0.25) is 0 Å². The summed E-state index contributed by atoms with van der Waals surface area (Å²) in [6, 6.07) is 0.672. The molecule has 0 aromatic heterocycles. The lowest BCUT2D eigenvalue weighted by atomic mass is 10.1. The molecule has 0 aliphatic rings. The third-order valence-electron chi connectivity index (χ3n) is 2.02. The summed E-state index contributed by atoms with van der Waals surface area (Å²) in [6.45, 7) is -0.607. The number of nitrogens with one attached hydrogen (secondary N) is 1. The van der Waals surface area contributed by atoms with Crippen molar-refractivity contribution in [3.63, 3.8) is 0 Å². The molecule has 0 saturated carbocycles. The highest BCUT2D eigenvalue weighted by Gasteiger charge is 2.20. The molecule has 0 spiro atoms. The Kier molecular flexibility index (Phi) is 4.27. The minimum Gasteiger partial charge on any atom is -0.381 e. The second-order valence-electron chi connectivity index (χ2n) is 3.37. The van der Waals surface area contributed by atoms with E-state index in [2.05, 4.69) is 0 Å². The second kappa shape index (κ2) is 5.50. The highest BCUT2D eigenvalue weighted by Crippen LogP contribution is 2.14. The van der Waals surface area contributed by atoms with E-state index in [9.17, 15) is 22.8 Å². The number of halogens is 3. The fourth-order valence-corrected chi connectivity index (χ4v) is 1.14. The van der Waals surface area contributed by atoms with Gasteiger partial charge in [0, 0.05) is 12.1 Å². The maximum Gasteiger partial charge on any atom is 0.257 e. The first-order chi connectivity index (χ1) is 8.32. The Labute approximate surface area is 99.4 Å². The molecule has 98 valence electrons. The molecule has 0 aliphatic heterocycles. The van der Waals surface area contributed by atoms with Gasteiger partial charge in [-0.15, -0.1) is 0 Å². The monoisotopic (exact) mass is 262 g/mol. The summed E-state index contributed by atoms with van der Waals surface area (Å²) >= 11 is 0. The number of amides is 2. The van der Waals surface area contributed by atoms with E-state index in [0.29, 0.717) is 12.1 Å². The molecule has 1 aromatic carbocycles. The summed E-state index contributed by atoms with van der Waals surface area (Å²) in [5, 5.41) is 10.9. The second-order valence-corrected chi connectivity index (χ2v) is 3.37. The van der Waals surface area contributed by atoms with Crippen LogP contribution in [0.15, 0.2) is 12.1 Å². The summed E-state index contributed by atoms with van der Waals surface area (Å²) in [5.41, 5.74) is 3.70. The van der Waals surface area contributed by atoms with Gasteiger partial charge in [-0.1, -0.05) is 0 Å². The lowest BCUT2D eigenvalue weighted by Gasteiger charge is -2.09. The van der Waals surface area contributed by atoms with Gasteiger partial charge in [-0.25, -0.2) is 13.2 Å². The van der Waals surface area contributed by atoms with Gasteiger partial charge in [0.05, 0.1) is 6.54 Å². The predicted molar refractivity (Wildman–Crippen MR) is 53.9 cm³/mol. The van der Waals surface area contributed by atoms with Crippen molar-refractivity contribution in [2.75, 3.05) is 6.54 Å². The van der Waals surface area contributed by atoms with Gasteiger partial charge in [-0.3, -0.25) is 9.59 Å². The average Bonchev–Trinajstić information content (AvgIpc) is 2.24. The van der Waals surface area contributed by atoms with Crippen molar-refractivity contribution < 1.29 is 27.9 Å². The first-order valence-electron chi connectivity index (χ1n) is 4.73. The van der Waals surface area contributed by atoms with E-state index in [1.54, 1.807) is 0 Å². The van der Waals surface area contributed by atoms with Crippen LogP contribution in [0.4, 0.5) is 13.2 Å². The number of hydrogen-bond donors (Lipinski definition) is 3. The molecule has 8 heteroatoms. The molecule has 4 N–H and O–H groups in total. The summed E-state index contributed by atoms with van der Waals surface area (Å²) in [7, 11) is 0. The number of carbonyl (C=O) groups excluding carboxylic acids is 2. The smallest absolute Gasteiger partial charge is 0.257 e. The first-order valence-corrected chi connectivity index (χ1v) is 4.73. The van der Waals surface area contributed by atoms with Gasteiger partial charge in [0.1, 0.15) is 29.1 Å². The Balaban J connectivity index is 2.82. The maximum atomic E-state index is 13.1. The van der Waals surface area contributed by atoms with Crippen molar-refractivity contribution in [3.8, 4) is 0 Å². The highest BCUT2D eigenvalue weighted by molar-refractivity contribution is 5.95. The van der Waals surface area contributed by atoms with Crippen molar-refractivity contribution in [2.24, 2.45) is 5.73 Å². The molecule has 1 aromatic rings. The Morgan fingerprint density at radius 3 is 2.22 bits per heavy atom. The molecule has 1 rings (SSSR count). The van der Waals surface area contributed by atoms with Crippen LogP contribution < -0.4 is 11.1 Å². The van der Waals surface area contributed by atoms with Crippen molar-refractivity contribution in [1.82, 2.24) is 5.32 Å². The number of rotatable bonds is 4. The Hall–Kier alpha value is -2.09. The average molecular weight is 262 g/mol. The quantitative estimate of drug-likeness (QED) is 0.694. The number of benzene rings is 1. The molecular weight excluding hydrogens is 253 g/mol. The molecule has 1 unspecified atom stereocenters. The summed E-state index contributed by atoms with van der Waals surface area (Å²) in [4.78, 5) is 21.8. The van der Waals surface area contributed by atoms with Gasteiger partial charge < -0.3 is 16.2 Å². The SMILES string of the molecule is NC(=O)C(O)CNC(=O)c1c(F)cc(F)cc1F. The van der Waals surface area contributed by atoms with Gasteiger partial charge in [0.15, 0.2) is 0 Å². The zero-order valence-electron chi connectivity index (χ0n) is 8.91. The number of primary amides is 1. The topological polar surface area (TPSA) is 92.4 Å². The van der Waals surface area contributed by atoms with Gasteiger partial charge in [0.2, 0.25) is 5.91 Å². The Bertz CT molecular complexity index is 470. The van der Waals surface area contributed by atoms with Crippen LogP contribution in [-0.2, 0) is 4.79 Å². The molecular formula is C10H9F3N2O3. The molecule has 0 radical (unpaired) electrons. The van der Waals surface area contributed by atoms with Crippen LogP contribution in [0.25, 0.3) is 0 Å². The van der Waals surface area contributed by atoms with Crippen molar-refractivity contribution in [1.29, 1.82) is 0 Å². The van der Waals surface area contributed by atoms with E-state index in [4.69, 9.17) is 10.8 Å². The normalized spacial score (nSPS) is 12.0. The predicted octanol–water partition coefficient (Wildman–Crippen LogP) is -0.320. The van der Waals surface area contributed by atoms with Crippen LogP contribution in [-0.4, -0.2) is 29.6 Å². The third-order valence-corrected chi connectivity index (χ3v) is 2.02. The fourth-order valence-electron chi connectivity index (χ4n) is 1.14. The van der Waals surface area contributed by atoms with Crippen LogP contribution in [0.1, 0.15) is 10.4 Å². The van der Waals surface area contributed by atoms with E-state index >= 15 is 0 Å². The summed E-state index contributed by atoms with van der Waals surface area (Å²) < 4.78 is 38.9. The van der Waals surface area contributed by atoms with E-state index in [1.807, 2.05) is 5.32 Å². The Morgan fingerprint density at radius 1 is 1.28 bits per heavy atom. The number of nitrogens with two attached hydrogens (primary N) is 1. The van der Waals surface area contributed by atoms with Gasteiger partial charge in [-0.05, 0) is 0 Å². The molecule has 0 aliphatic carbocycles. The molecule has 0 saturated heterocycles. The van der Waals surface area contributed by atoms with Gasteiger partial charge in [-0.2, -0.15) is 0 Å². The number of carbonyl (C=O) groups is 2. The van der Waals surface area contributed by atoms with Crippen LogP contribution >= 0.6 is 0 Å². The number of aliphatic hydroxyl groups is 1. The first kappa shape index (κ1) is 14.0.